The molecule has 2 aromatic carbocycles. The van der Waals surface area contributed by atoms with Crippen LogP contribution in [0.25, 0.3) is 0 Å². The molecule has 2 aromatic heterocycles. The van der Waals surface area contributed by atoms with Crippen LogP contribution in [0.1, 0.15) is 22.3 Å². The maximum Gasteiger partial charge on any atom is 0.173 e. The monoisotopic (exact) mass is 477 g/mol. The van der Waals surface area contributed by atoms with E-state index in [4.69, 9.17) is 0 Å². The van der Waals surface area contributed by atoms with Crippen LogP contribution in [0, 0.1) is 5.82 Å². The summed E-state index contributed by atoms with van der Waals surface area (Å²) < 4.78 is 16.3. The standard InChI is InChI=1S/C25H28FN7S/c1-30(2)20-11-9-19(10-12-20)24(25-27-28-29-33(25)18-21-6-5-17-34-21)32-15-13-31(14-16-32)23-8-4-3-7-22(23)26/h3-12,17,24H,13-16,18H2,1-2H3/t24-/m0/s1. The number of aromatic nitrogens is 4. The number of para-hydroxylation sites is 1. The van der Waals surface area contributed by atoms with Gasteiger partial charge in [0, 0.05) is 50.8 Å². The quantitative estimate of drug-likeness (QED) is 0.403. The lowest BCUT2D eigenvalue weighted by Crippen LogP contribution is -2.48. The zero-order chi connectivity index (χ0) is 23.5. The van der Waals surface area contributed by atoms with E-state index in [9.17, 15) is 4.39 Å². The van der Waals surface area contributed by atoms with Gasteiger partial charge < -0.3 is 9.80 Å². The molecule has 7 nitrogen and oxygen atoms in total. The zero-order valence-corrected chi connectivity index (χ0v) is 20.2. The maximum absolute atomic E-state index is 14.4. The summed E-state index contributed by atoms with van der Waals surface area (Å²) in [5.41, 5.74) is 2.95. The Labute approximate surface area is 203 Å². The van der Waals surface area contributed by atoms with Crippen LogP contribution in [0.2, 0.25) is 0 Å². The van der Waals surface area contributed by atoms with Gasteiger partial charge in [0.15, 0.2) is 5.82 Å². The van der Waals surface area contributed by atoms with Gasteiger partial charge in [-0.1, -0.05) is 30.3 Å². The van der Waals surface area contributed by atoms with E-state index in [1.54, 1.807) is 17.4 Å². The molecule has 1 saturated heterocycles. The minimum atomic E-state index is -0.174. The van der Waals surface area contributed by atoms with Crippen LogP contribution in [0.5, 0.6) is 0 Å². The van der Waals surface area contributed by atoms with Crippen molar-refractivity contribution in [2.24, 2.45) is 0 Å². The van der Waals surface area contributed by atoms with Gasteiger partial charge in [-0.05, 0) is 51.7 Å². The predicted molar refractivity (Wildman–Crippen MR) is 134 cm³/mol. The van der Waals surface area contributed by atoms with Crippen LogP contribution in [0.3, 0.4) is 0 Å². The molecule has 1 atom stereocenters. The molecule has 0 saturated carbocycles. The van der Waals surface area contributed by atoms with E-state index in [1.807, 2.05) is 37.0 Å². The normalized spacial score (nSPS) is 15.4. The molecule has 1 fully saturated rings. The van der Waals surface area contributed by atoms with E-state index >= 15 is 0 Å². The van der Waals surface area contributed by atoms with Crippen molar-refractivity contribution in [3.05, 3.63) is 88.1 Å². The van der Waals surface area contributed by atoms with Gasteiger partial charge in [0.1, 0.15) is 5.82 Å². The Kier molecular flexibility index (Phi) is 6.55. The van der Waals surface area contributed by atoms with Gasteiger partial charge in [0.25, 0.3) is 0 Å². The number of hydrogen-bond donors (Lipinski definition) is 0. The van der Waals surface area contributed by atoms with Gasteiger partial charge in [-0.3, -0.25) is 4.90 Å². The minimum Gasteiger partial charge on any atom is -0.378 e. The first kappa shape index (κ1) is 22.5. The lowest BCUT2D eigenvalue weighted by molar-refractivity contribution is 0.201. The van der Waals surface area contributed by atoms with Crippen molar-refractivity contribution in [1.82, 2.24) is 25.1 Å². The van der Waals surface area contributed by atoms with E-state index in [2.05, 4.69) is 65.9 Å². The second-order valence-electron chi connectivity index (χ2n) is 8.64. The van der Waals surface area contributed by atoms with Crippen molar-refractivity contribution in [3.63, 3.8) is 0 Å². The van der Waals surface area contributed by atoms with Crippen molar-refractivity contribution in [3.8, 4) is 0 Å². The minimum absolute atomic E-state index is 0.0889. The predicted octanol–water partition coefficient (Wildman–Crippen LogP) is 3.90. The Bertz CT molecular complexity index is 1200. The van der Waals surface area contributed by atoms with E-state index in [0.717, 1.165) is 43.3 Å². The summed E-state index contributed by atoms with van der Waals surface area (Å²) in [6.45, 7) is 3.67. The van der Waals surface area contributed by atoms with Crippen molar-refractivity contribution >= 4 is 22.7 Å². The molecule has 176 valence electrons. The smallest absolute Gasteiger partial charge is 0.173 e. The van der Waals surface area contributed by atoms with E-state index in [-0.39, 0.29) is 11.9 Å². The summed E-state index contributed by atoms with van der Waals surface area (Å²) in [5, 5.41) is 14.9. The lowest BCUT2D eigenvalue weighted by Gasteiger charge is -2.40. The summed E-state index contributed by atoms with van der Waals surface area (Å²) >= 11 is 1.70. The number of rotatable bonds is 7. The SMILES string of the molecule is CN(C)c1ccc([C@@H](c2nnnn2Cc2cccs2)N2CCN(c3ccccc3F)CC2)cc1. The first-order chi connectivity index (χ1) is 16.6. The second-order valence-corrected chi connectivity index (χ2v) is 9.67. The van der Waals surface area contributed by atoms with E-state index in [0.29, 0.717) is 12.2 Å². The lowest BCUT2D eigenvalue weighted by atomic mass is 10.0. The average molecular weight is 478 g/mol. The highest BCUT2D eigenvalue weighted by molar-refractivity contribution is 7.09. The van der Waals surface area contributed by atoms with Crippen molar-refractivity contribution in [2.75, 3.05) is 50.1 Å². The van der Waals surface area contributed by atoms with Crippen molar-refractivity contribution in [1.29, 1.82) is 0 Å². The van der Waals surface area contributed by atoms with Crippen LogP contribution in [-0.4, -0.2) is 65.4 Å². The van der Waals surface area contributed by atoms with Crippen LogP contribution in [0.15, 0.2) is 66.0 Å². The van der Waals surface area contributed by atoms with E-state index in [1.165, 1.54) is 10.9 Å². The number of nitrogens with zero attached hydrogens (tertiary/aromatic N) is 7. The fourth-order valence-corrected chi connectivity index (χ4v) is 5.16. The van der Waals surface area contributed by atoms with E-state index < -0.39 is 0 Å². The highest BCUT2D eigenvalue weighted by atomic mass is 32.1. The number of piperazine rings is 1. The Morgan fingerprint density at radius 1 is 0.971 bits per heavy atom. The summed E-state index contributed by atoms with van der Waals surface area (Å²) in [7, 11) is 4.08. The number of tetrazole rings is 1. The van der Waals surface area contributed by atoms with Crippen molar-refractivity contribution < 1.29 is 4.39 Å². The first-order valence-electron chi connectivity index (χ1n) is 11.4. The third-order valence-corrected chi connectivity index (χ3v) is 7.15. The van der Waals surface area contributed by atoms with Crippen LogP contribution in [-0.2, 0) is 6.54 Å². The molecule has 1 aliphatic heterocycles. The molecule has 1 aliphatic rings. The summed E-state index contributed by atoms with van der Waals surface area (Å²) in [6.07, 6.45) is 0. The molecule has 4 aromatic rings. The van der Waals surface area contributed by atoms with Crippen LogP contribution >= 0.6 is 11.3 Å². The molecule has 0 amide bonds. The molecule has 3 heterocycles. The third kappa shape index (κ3) is 4.67. The number of hydrogen-bond acceptors (Lipinski definition) is 7. The molecule has 0 bridgehead atoms. The Morgan fingerprint density at radius 3 is 2.41 bits per heavy atom. The largest absolute Gasteiger partial charge is 0.378 e. The molecule has 0 unspecified atom stereocenters. The Balaban J connectivity index is 1.44. The number of thiophene rings is 1. The van der Waals surface area contributed by atoms with Gasteiger partial charge in [-0.25, -0.2) is 9.07 Å². The average Bonchev–Trinajstić information content (AvgIpc) is 3.54. The maximum atomic E-state index is 14.4. The number of anilines is 2. The topological polar surface area (TPSA) is 53.3 Å². The summed E-state index contributed by atoms with van der Waals surface area (Å²) in [6, 6.07) is 19.6. The molecule has 34 heavy (non-hydrogen) atoms. The molecule has 0 aliphatic carbocycles. The van der Waals surface area contributed by atoms with Crippen LogP contribution < -0.4 is 9.80 Å². The molecular weight excluding hydrogens is 449 g/mol. The molecule has 0 radical (unpaired) electrons. The molecule has 5 rings (SSSR count). The Hall–Kier alpha value is -3.30. The van der Waals surface area contributed by atoms with Gasteiger partial charge in [-0.15, -0.1) is 16.4 Å². The van der Waals surface area contributed by atoms with Gasteiger partial charge in [-0.2, -0.15) is 0 Å². The van der Waals surface area contributed by atoms with Crippen molar-refractivity contribution in [2.45, 2.75) is 12.6 Å². The fourth-order valence-electron chi connectivity index (χ4n) is 4.48. The first-order valence-corrected chi connectivity index (χ1v) is 12.3. The Morgan fingerprint density at radius 2 is 1.74 bits per heavy atom. The molecule has 9 heteroatoms. The summed E-state index contributed by atoms with van der Waals surface area (Å²) in [4.78, 5) is 7.82. The second kappa shape index (κ2) is 9.90. The van der Waals surface area contributed by atoms with Gasteiger partial charge in [0.2, 0.25) is 0 Å². The number of halogens is 1. The molecule has 0 spiro atoms. The third-order valence-electron chi connectivity index (χ3n) is 6.29. The van der Waals surface area contributed by atoms with Gasteiger partial charge >= 0.3 is 0 Å². The van der Waals surface area contributed by atoms with Gasteiger partial charge in [0.05, 0.1) is 18.3 Å². The fraction of sp³-hybridized carbons (Fsp3) is 0.320. The number of benzene rings is 2. The molecule has 0 N–H and O–H groups in total. The highest BCUT2D eigenvalue weighted by Crippen LogP contribution is 2.31. The zero-order valence-electron chi connectivity index (χ0n) is 19.4. The highest BCUT2D eigenvalue weighted by Gasteiger charge is 2.31. The summed E-state index contributed by atoms with van der Waals surface area (Å²) in [5.74, 6) is 0.650. The molecular formula is C25H28FN7S. The van der Waals surface area contributed by atoms with Crippen LogP contribution in [0.4, 0.5) is 15.8 Å².